The Morgan fingerprint density at radius 2 is 1.80 bits per heavy atom. The highest BCUT2D eigenvalue weighted by atomic mass is 33.1. The van der Waals surface area contributed by atoms with Gasteiger partial charge in [-0.15, -0.1) is 0 Å². The topological polar surface area (TPSA) is 0 Å². The molecule has 1 unspecified atom stereocenters. The summed E-state index contributed by atoms with van der Waals surface area (Å²) < 4.78 is 0. The first kappa shape index (κ1) is 10.7. The lowest BCUT2D eigenvalue weighted by molar-refractivity contribution is 0.596. The number of hydrogen-bond acceptors (Lipinski definition) is 2. The van der Waals surface area contributed by atoms with Crippen LogP contribution in [0.2, 0.25) is 0 Å². The van der Waals surface area contributed by atoms with Crippen LogP contribution < -0.4 is 0 Å². The third-order valence-electron chi connectivity index (χ3n) is 1.46. The monoisotopic (exact) mass is 178 g/mol. The van der Waals surface area contributed by atoms with Gasteiger partial charge in [0.1, 0.15) is 0 Å². The molecule has 0 amide bonds. The van der Waals surface area contributed by atoms with E-state index in [4.69, 9.17) is 0 Å². The fraction of sp³-hybridized carbons (Fsp3) is 1.00. The van der Waals surface area contributed by atoms with E-state index in [2.05, 4.69) is 27.7 Å². The lowest BCUT2D eigenvalue weighted by atomic mass is 10.1. The van der Waals surface area contributed by atoms with Gasteiger partial charge in [0.25, 0.3) is 0 Å². The van der Waals surface area contributed by atoms with E-state index in [1.54, 1.807) is 0 Å². The Morgan fingerprint density at radius 3 is 2.10 bits per heavy atom. The Morgan fingerprint density at radius 1 is 1.20 bits per heavy atom. The molecule has 0 aliphatic rings. The van der Waals surface area contributed by atoms with Crippen molar-refractivity contribution in [1.29, 1.82) is 0 Å². The van der Waals surface area contributed by atoms with E-state index in [1.807, 2.05) is 21.6 Å². The van der Waals surface area contributed by atoms with Gasteiger partial charge >= 0.3 is 0 Å². The molecule has 0 aromatic carbocycles. The standard InChI is InChI=1S/C8H18S2/c1-5-8(7(3)4)10-9-6-2/h7-8H,5-6H2,1-4H3. The van der Waals surface area contributed by atoms with Gasteiger partial charge in [0, 0.05) is 11.0 Å². The lowest BCUT2D eigenvalue weighted by Crippen LogP contribution is -2.07. The van der Waals surface area contributed by atoms with Crippen LogP contribution in [0.15, 0.2) is 0 Å². The molecule has 62 valence electrons. The molecule has 0 aliphatic heterocycles. The molecule has 0 aromatic heterocycles. The van der Waals surface area contributed by atoms with Crippen LogP contribution in [0.4, 0.5) is 0 Å². The summed E-state index contributed by atoms with van der Waals surface area (Å²) >= 11 is 0. The minimum Gasteiger partial charge on any atom is -0.0942 e. The average Bonchev–Trinajstić information content (AvgIpc) is 1.89. The van der Waals surface area contributed by atoms with Crippen LogP contribution >= 0.6 is 21.6 Å². The minimum absolute atomic E-state index is 0.828. The molecular weight excluding hydrogens is 160 g/mol. The van der Waals surface area contributed by atoms with Gasteiger partial charge in [-0.1, -0.05) is 49.3 Å². The zero-order chi connectivity index (χ0) is 7.98. The Balaban J connectivity index is 3.40. The third kappa shape index (κ3) is 4.51. The molecule has 0 radical (unpaired) electrons. The SMILES string of the molecule is CCSSC(CC)C(C)C. The second-order valence-electron chi connectivity index (χ2n) is 2.69. The minimum atomic E-state index is 0.828. The summed E-state index contributed by atoms with van der Waals surface area (Å²) in [7, 11) is 4.03. The van der Waals surface area contributed by atoms with Crippen molar-refractivity contribution in [3.8, 4) is 0 Å². The molecule has 0 bridgehead atoms. The van der Waals surface area contributed by atoms with Gasteiger partial charge in [-0.05, 0) is 12.3 Å². The first-order valence-corrected chi connectivity index (χ1v) is 6.38. The molecule has 0 saturated carbocycles. The van der Waals surface area contributed by atoms with Crippen LogP contribution in [0.3, 0.4) is 0 Å². The summed E-state index contributed by atoms with van der Waals surface area (Å²) in [5, 5.41) is 0.852. The average molecular weight is 178 g/mol. The molecule has 1 atom stereocenters. The van der Waals surface area contributed by atoms with Crippen LogP contribution in [-0.4, -0.2) is 11.0 Å². The van der Waals surface area contributed by atoms with E-state index < -0.39 is 0 Å². The summed E-state index contributed by atoms with van der Waals surface area (Å²) in [6.45, 7) is 9.09. The van der Waals surface area contributed by atoms with Crippen molar-refractivity contribution in [1.82, 2.24) is 0 Å². The highest BCUT2D eigenvalue weighted by Gasteiger charge is 2.10. The molecule has 0 saturated heterocycles. The van der Waals surface area contributed by atoms with E-state index in [-0.39, 0.29) is 0 Å². The smallest absolute Gasteiger partial charge is 0.0171 e. The van der Waals surface area contributed by atoms with Gasteiger partial charge in [-0.2, -0.15) is 0 Å². The number of rotatable bonds is 5. The Hall–Kier alpha value is 0.700. The largest absolute Gasteiger partial charge is 0.0942 e. The molecule has 0 aromatic rings. The molecule has 0 spiro atoms. The summed E-state index contributed by atoms with van der Waals surface area (Å²) in [5.74, 6) is 2.06. The Bertz CT molecular complexity index is 71.7. The lowest BCUT2D eigenvalue weighted by Gasteiger charge is -2.16. The maximum atomic E-state index is 2.30. The van der Waals surface area contributed by atoms with Gasteiger partial charge in [0.2, 0.25) is 0 Å². The van der Waals surface area contributed by atoms with Crippen LogP contribution in [0.1, 0.15) is 34.1 Å². The zero-order valence-corrected chi connectivity index (χ0v) is 9.02. The second-order valence-corrected chi connectivity index (χ2v) is 5.59. The molecule has 0 fully saturated rings. The first-order valence-electron chi connectivity index (χ1n) is 4.00. The molecular formula is C8H18S2. The third-order valence-corrected chi connectivity index (χ3v) is 4.81. The van der Waals surface area contributed by atoms with Crippen molar-refractivity contribution in [2.75, 3.05) is 5.75 Å². The fourth-order valence-corrected chi connectivity index (χ4v) is 3.48. The van der Waals surface area contributed by atoms with Crippen molar-refractivity contribution < 1.29 is 0 Å². The van der Waals surface area contributed by atoms with Crippen LogP contribution in [0.5, 0.6) is 0 Å². The molecule has 0 aliphatic carbocycles. The summed E-state index contributed by atoms with van der Waals surface area (Å²) in [6, 6.07) is 0. The molecule has 0 N–H and O–H groups in total. The molecule has 2 heteroatoms. The predicted molar refractivity (Wildman–Crippen MR) is 54.6 cm³/mol. The van der Waals surface area contributed by atoms with Gasteiger partial charge in [-0.3, -0.25) is 0 Å². The zero-order valence-electron chi connectivity index (χ0n) is 7.39. The molecule has 0 rings (SSSR count). The first-order chi connectivity index (χ1) is 4.72. The van der Waals surface area contributed by atoms with Crippen LogP contribution in [0.25, 0.3) is 0 Å². The van der Waals surface area contributed by atoms with Gasteiger partial charge in [0.05, 0.1) is 0 Å². The normalized spacial score (nSPS) is 14.1. The van der Waals surface area contributed by atoms with Crippen molar-refractivity contribution in [2.24, 2.45) is 5.92 Å². The maximum absolute atomic E-state index is 2.30. The molecule has 0 heterocycles. The van der Waals surface area contributed by atoms with Crippen molar-refractivity contribution >= 4 is 21.6 Å². The van der Waals surface area contributed by atoms with Crippen molar-refractivity contribution in [2.45, 2.75) is 39.4 Å². The van der Waals surface area contributed by atoms with Crippen molar-refractivity contribution in [3.63, 3.8) is 0 Å². The van der Waals surface area contributed by atoms with Gasteiger partial charge in [-0.25, -0.2) is 0 Å². The number of hydrogen-bond donors (Lipinski definition) is 0. The van der Waals surface area contributed by atoms with Gasteiger partial charge in [0.15, 0.2) is 0 Å². The van der Waals surface area contributed by atoms with Crippen LogP contribution in [0, 0.1) is 5.92 Å². The Labute approximate surface area is 72.9 Å². The van der Waals surface area contributed by atoms with Crippen molar-refractivity contribution in [3.05, 3.63) is 0 Å². The Kier molecular flexibility index (Phi) is 6.86. The van der Waals surface area contributed by atoms with E-state index >= 15 is 0 Å². The maximum Gasteiger partial charge on any atom is 0.0171 e. The fourth-order valence-electron chi connectivity index (χ4n) is 0.806. The summed E-state index contributed by atoms with van der Waals surface area (Å²) in [5.41, 5.74) is 0. The van der Waals surface area contributed by atoms with E-state index in [0.29, 0.717) is 0 Å². The highest BCUT2D eigenvalue weighted by Crippen LogP contribution is 2.32. The summed E-state index contributed by atoms with van der Waals surface area (Å²) in [6.07, 6.45) is 1.30. The van der Waals surface area contributed by atoms with Crippen LogP contribution in [-0.2, 0) is 0 Å². The van der Waals surface area contributed by atoms with E-state index in [0.717, 1.165) is 11.2 Å². The van der Waals surface area contributed by atoms with E-state index in [1.165, 1.54) is 12.2 Å². The van der Waals surface area contributed by atoms with Gasteiger partial charge < -0.3 is 0 Å². The molecule has 10 heavy (non-hydrogen) atoms. The quantitative estimate of drug-likeness (QED) is 0.587. The summed E-state index contributed by atoms with van der Waals surface area (Å²) in [4.78, 5) is 0. The highest BCUT2D eigenvalue weighted by molar-refractivity contribution is 8.76. The second kappa shape index (κ2) is 6.41. The molecule has 0 nitrogen and oxygen atoms in total. The predicted octanol–water partition coefficient (Wildman–Crippen LogP) is 3.82. The van der Waals surface area contributed by atoms with E-state index in [9.17, 15) is 0 Å².